The molecular weight excluding hydrogens is 224 g/mol. The molecule has 1 aromatic heterocycles. The zero-order valence-electron chi connectivity index (χ0n) is 10.4. The molecule has 1 aliphatic rings. The molecular formula is C15H16N2O. The zero-order valence-corrected chi connectivity index (χ0v) is 10.4. The normalized spacial score (nSPS) is 13.9. The molecule has 0 aliphatic heterocycles. The number of nitrogens with zero attached hydrogens (tertiary/aromatic N) is 1. The van der Waals surface area contributed by atoms with Gasteiger partial charge in [-0.05, 0) is 24.5 Å². The highest BCUT2D eigenvalue weighted by Gasteiger charge is 2.14. The first kappa shape index (κ1) is 11.1. The molecule has 0 spiro atoms. The Balaban J connectivity index is 1.89. The van der Waals surface area contributed by atoms with E-state index in [9.17, 15) is 0 Å². The number of aromatic amines is 1. The van der Waals surface area contributed by atoms with Crippen LogP contribution in [-0.4, -0.2) is 17.1 Å². The van der Waals surface area contributed by atoms with Gasteiger partial charge in [0.05, 0.1) is 19.1 Å². The van der Waals surface area contributed by atoms with Gasteiger partial charge in [-0.1, -0.05) is 23.8 Å². The number of ether oxygens (including phenoxy) is 1. The van der Waals surface area contributed by atoms with E-state index in [1.807, 2.05) is 18.3 Å². The summed E-state index contributed by atoms with van der Waals surface area (Å²) >= 11 is 0. The van der Waals surface area contributed by atoms with Gasteiger partial charge in [-0.2, -0.15) is 0 Å². The van der Waals surface area contributed by atoms with Crippen molar-refractivity contribution < 1.29 is 4.74 Å². The Hall–Kier alpha value is -2.03. The molecule has 3 nitrogen and oxygen atoms in total. The van der Waals surface area contributed by atoms with E-state index in [2.05, 4.69) is 22.1 Å². The van der Waals surface area contributed by atoms with Crippen molar-refractivity contribution in [2.24, 2.45) is 0 Å². The number of benzene rings is 1. The van der Waals surface area contributed by atoms with Gasteiger partial charge >= 0.3 is 0 Å². The molecule has 1 heterocycles. The Labute approximate surface area is 107 Å². The third-order valence-corrected chi connectivity index (χ3v) is 3.41. The summed E-state index contributed by atoms with van der Waals surface area (Å²) in [6.07, 6.45) is 9.03. The van der Waals surface area contributed by atoms with E-state index in [-0.39, 0.29) is 0 Å². The predicted molar refractivity (Wildman–Crippen MR) is 71.6 cm³/mol. The van der Waals surface area contributed by atoms with Crippen LogP contribution in [0.2, 0.25) is 0 Å². The van der Waals surface area contributed by atoms with Crippen molar-refractivity contribution in [3.63, 3.8) is 0 Å². The molecule has 0 saturated heterocycles. The van der Waals surface area contributed by atoms with E-state index in [4.69, 9.17) is 4.74 Å². The van der Waals surface area contributed by atoms with Gasteiger partial charge in [0.15, 0.2) is 0 Å². The van der Waals surface area contributed by atoms with Crippen molar-refractivity contribution in [2.75, 3.05) is 7.11 Å². The van der Waals surface area contributed by atoms with Crippen molar-refractivity contribution in [3.8, 4) is 5.75 Å². The molecule has 1 aliphatic carbocycles. The fraction of sp³-hybridized carbons (Fsp3) is 0.267. The number of aromatic nitrogens is 2. The van der Waals surface area contributed by atoms with Crippen LogP contribution in [0, 0.1) is 0 Å². The van der Waals surface area contributed by atoms with Crippen LogP contribution >= 0.6 is 0 Å². The number of allylic oxidation sites excluding steroid dienone is 1. The molecule has 0 unspecified atom stereocenters. The van der Waals surface area contributed by atoms with Crippen LogP contribution in [-0.2, 0) is 12.8 Å². The monoisotopic (exact) mass is 240 g/mol. The number of imidazole rings is 1. The van der Waals surface area contributed by atoms with Crippen LogP contribution in [0.4, 0.5) is 0 Å². The first-order chi connectivity index (χ1) is 8.86. The van der Waals surface area contributed by atoms with Crippen molar-refractivity contribution in [3.05, 3.63) is 53.1 Å². The average molecular weight is 240 g/mol. The lowest BCUT2D eigenvalue weighted by atomic mass is 9.89. The smallest absolute Gasteiger partial charge is 0.122 e. The fourth-order valence-electron chi connectivity index (χ4n) is 2.51. The molecule has 3 rings (SSSR count). The second-order valence-electron chi connectivity index (χ2n) is 4.57. The molecule has 0 bridgehead atoms. The average Bonchev–Trinajstić information content (AvgIpc) is 2.90. The molecule has 2 aromatic rings. The third-order valence-electron chi connectivity index (χ3n) is 3.41. The van der Waals surface area contributed by atoms with E-state index in [1.54, 1.807) is 13.4 Å². The molecule has 0 amide bonds. The fourth-order valence-corrected chi connectivity index (χ4v) is 2.51. The molecule has 3 heteroatoms. The van der Waals surface area contributed by atoms with Crippen LogP contribution in [0.5, 0.6) is 5.75 Å². The van der Waals surface area contributed by atoms with Gasteiger partial charge in [-0.3, -0.25) is 0 Å². The Morgan fingerprint density at radius 3 is 3.06 bits per heavy atom. The Kier molecular flexibility index (Phi) is 2.89. The molecule has 92 valence electrons. The summed E-state index contributed by atoms with van der Waals surface area (Å²) in [5, 5.41) is 0. The number of nitrogens with one attached hydrogen (secondary N) is 1. The van der Waals surface area contributed by atoms with Crippen LogP contribution in [0.15, 0.2) is 36.3 Å². The molecule has 1 aromatic carbocycles. The summed E-state index contributed by atoms with van der Waals surface area (Å²) in [4.78, 5) is 7.28. The van der Waals surface area contributed by atoms with Gasteiger partial charge in [0.25, 0.3) is 0 Å². The van der Waals surface area contributed by atoms with Crippen LogP contribution < -0.4 is 4.74 Å². The lowest BCUT2D eigenvalue weighted by Gasteiger charge is -2.18. The third kappa shape index (κ3) is 2.04. The maximum absolute atomic E-state index is 5.41. The second kappa shape index (κ2) is 4.69. The highest BCUT2D eigenvalue weighted by atomic mass is 16.5. The molecule has 0 saturated carbocycles. The van der Waals surface area contributed by atoms with Crippen LogP contribution in [0.25, 0.3) is 6.08 Å². The van der Waals surface area contributed by atoms with E-state index >= 15 is 0 Å². The summed E-state index contributed by atoms with van der Waals surface area (Å²) in [6, 6.07) is 6.23. The summed E-state index contributed by atoms with van der Waals surface area (Å²) in [5.41, 5.74) is 5.15. The summed E-state index contributed by atoms with van der Waals surface area (Å²) in [7, 11) is 1.73. The highest BCUT2D eigenvalue weighted by Crippen LogP contribution is 2.31. The van der Waals surface area contributed by atoms with E-state index in [1.165, 1.54) is 16.7 Å². The predicted octanol–water partition coefficient (Wildman–Crippen LogP) is 2.99. The first-order valence-electron chi connectivity index (χ1n) is 6.20. The lowest BCUT2D eigenvalue weighted by Crippen LogP contribution is -2.04. The van der Waals surface area contributed by atoms with Crippen molar-refractivity contribution in [2.45, 2.75) is 19.3 Å². The summed E-state index contributed by atoms with van der Waals surface area (Å²) in [6.45, 7) is 0. The number of rotatable bonds is 3. The van der Waals surface area contributed by atoms with E-state index < -0.39 is 0 Å². The van der Waals surface area contributed by atoms with Gasteiger partial charge in [0.2, 0.25) is 0 Å². The minimum absolute atomic E-state index is 0.931. The van der Waals surface area contributed by atoms with Gasteiger partial charge < -0.3 is 9.72 Å². The molecule has 0 fully saturated rings. The van der Waals surface area contributed by atoms with Crippen molar-refractivity contribution in [1.29, 1.82) is 0 Å². The molecule has 0 atom stereocenters. The zero-order chi connectivity index (χ0) is 12.4. The Morgan fingerprint density at radius 1 is 1.33 bits per heavy atom. The number of hydrogen-bond donors (Lipinski definition) is 1. The molecule has 0 radical (unpaired) electrons. The van der Waals surface area contributed by atoms with Gasteiger partial charge in [0, 0.05) is 18.2 Å². The van der Waals surface area contributed by atoms with E-state index in [0.29, 0.717) is 0 Å². The topological polar surface area (TPSA) is 37.9 Å². The largest absolute Gasteiger partial charge is 0.496 e. The minimum Gasteiger partial charge on any atom is -0.496 e. The van der Waals surface area contributed by atoms with Gasteiger partial charge in [-0.15, -0.1) is 0 Å². The Morgan fingerprint density at radius 2 is 2.28 bits per heavy atom. The SMILES string of the molecule is COc1cccc2c1CCC(Cc1c[nH]cn1)=C2. The van der Waals surface area contributed by atoms with Crippen molar-refractivity contribution in [1.82, 2.24) is 9.97 Å². The minimum atomic E-state index is 0.931. The number of fused-ring (bicyclic) bond motifs is 1. The van der Waals surface area contributed by atoms with Gasteiger partial charge in [0.1, 0.15) is 5.75 Å². The summed E-state index contributed by atoms with van der Waals surface area (Å²) in [5.74, 6) is 1.00. The molecule has 1 N–H and O–H groups in total. The standard InChI is InChI=1S/C15H16N2O/c1-18-15-4-2-3-12-7-11(5-6-14(12)15)8-13-9-16-10-17-13/h2-4,7,9-10H,5-6,8H2,1H3,(H,16,17). The summed E-state index contributed by atoms with van der Waals surface area (Å²) < 4.78 is 5.41. The quantitative estimate of drug-likeness (QED) is 0.895. The number of hydrogen-bond acceptors (Lipinski definition) is 2. The van der Waals surface area contributed by atoms with Crippen LogP contribution in [0.1, 0.15) is 23.2 Å². The maximum atomic E-state index is 5.41. The Bertz CT molecular complexity index is 570. The van der Waals surface area contributed by atoms with Crippen LogP contribution in [0.3, 0.4) is 0 Å². The molecule has 18 heavy (non-hydrogen) atoms. The van der Waals surface area contributed by atoms with Crippen molar-refractivity contribution >= 4 is 6.08 Å². The van der Waals surface area contributed by atoms with Gasteiger partial charge in [-0.25, -0.2) is 4.98 Å². The number of methoxy groups -OCH3 is 1. The highest BCUT2D eigenvalue weighted by molar-refractivity contribution is 5.63. The first-order valence-corrected chi connectivity index (χ1v) is 6.20. The number of H-pyrrole nitrogens is 1. The second-order valence-corrected chi connectivity index (χ2v) is 4.57. The maximum Gasteiger partial charge on any atom is 0.122 e. The van der Waals surface area contributed by atoms with E-state index in [0.717, 1.165) is 30.7 Å². The lowest BCUT2D eigenvalue weighted by molar-refractivity contribution is 0.409.